The van der Waals surface area contributed by atoms with Crippen molar-refractivity contribution in [3.05, 3.63) is 57.0 Å². The number of carbonyl (C=O) groups is 1. The van der Waals surface area contributed by atoms with Gasteiger partial charge in [-0.25, -0.2) is 4.79 Å². The van der Waals surface area contributed by atoms with Crippen LogP contribution in [0.3, 0.4) is 0 Å². The van der Waals surface area contributed by atoms with Gasteiger partial charge in [-0.3, -0.25) is 10.1 Å². The van der Waals surface area contributed by atoms with Gasteiger partial charge in [-0.1, -0.05) is 11.6 Å². The first-order valence-corrected chi connectivity index (χ1v) is 5.74. The standard InChI is InChI=1S/C12H8ClNO6/c13-9-3-1-7(14(17)18)5-11(9)19-6-8-2-4-10(20-8)12(15)16/h1-5H,6H2,(H,15,16). The molecule has 2 rings (SSSR count). The Bertz CT molecular complexity index is 666. The molecule has 8 heteroatoms. The topological polar surface area (TPSA) is 103 Å². The lowest BCUT2D eigenvalue weighted by molar-refractivity contribution is -0.384. The van der Waals surface area contributed by atoms with Crippen molar-refractivity contribution < 1.29 is 24.0 Å². The Morgan fingerprint density at radius 3 is 2.75 bits per heavy atom. The highest BCUT2D eigenvalue weighted by Gasteiger charge is 2.13. The van der Waals surface area contributed by atoms with Crippen molar-refractivity contribution in [2.24, 2.45) is 0 Å². The summed E-state index contributed by atoms with van der Waals surface area (Å²) in [5.41, 5.74) is -0.157. The third kappa shape index (κ3) is 3.07. The lowest BCUT2D eigenvalue weighted by atomic mass is 10.3. The number of rotatable bonds is 5. The fourth-order valence-corrected chi connectivity index (χ4v) is 1.61. The number of furan rings is 1. The van der Waals surface area contributed by atoms with Gasteiger partial charge in [-0.05, 0) is 18.2 Å². The summed E-state index contributed by atoms with van der Waals surface area (Å²) in [6, 6.07) is 6.51. The number of hydrogen-bond acceptors (Lipinski definition) is 5. The minimum absolute atomic E-state index is 0.0891. The number of nitrogens with zero attached hydrogens (tertiary/aromatic N) is 1. The van der Waals surface area contributed by atoms with Gasteiger partial charge < -0.3 is 14.3 Å². The van der Waals surface area contributed by atoms with Gasteiger partial charge in [0.2, 0.25) is 5.76 Å². The summed E-state index contributed by atoms with van der Waals surface area (Å²) in [7, 11) is 0. The minimum atomic E-state index is -1.19. The molecule has 1 aromatic heterocycles. The summed E-state index contributed by atoms with van der Waals surface area (Å²) in [4.78, 5) is 20.7. The van der Waals surface area contributed by atoms with Crippen LogP contribution >= 0.6 is 11.6 Å². The summed E-state index contributed by atoms with van der Waals surface area (Å²) in [5, 5.41) is 19.5. The molecule has 0 aliphatic rings. The predicted octanol–water partition coefficient (Wildman–Crippen LogP) is 3.12. The normalized spacial score (nSPS) is 10.2. The number of benzene rings is 1. The smallest absolute Gasteiger partial charge is 0.371 e. The molecule has 104 valence electrons. The molecule has 20 heavy (non-hydrogen) atoms. The van der Waals surface area contributed by atoms with Crippen LogP contribution in [0.1, 0.15) is 16.3 Å². The molecule has 0 radical (unpaired) electrons. The van der Waals surface area contributed by atoms with Crippen LogP contribution in [0.25, 0.3) is 0 Å². The van der Waals surface area contributed by atoms with Crippen molar-refractivity contribution in [3.8, 4) is 5.75 Å². The molecule has 0 bridgehead atoms. The average Bonchev–Trinajstić information content (AvgIpc) is 2.86. The molecule has 0 saturated carbocycles. The molecular formula is C12H8ClNO6. The quantitative estimate of drug-likeness (QED) is 0.672. The van der Waals surface area contributed by atoms with Crippen LogP contribution in [-0.2, 0) is 6.61 Å². The second kappa shape index (κ2) is 5.62. The van der Waals surface area contributed by atoms with E-state index in [4.69, 9.17) is 25.9 Å². The van der Waals surface area contributed by atoms with Gasteiger partial charge in [0.15, 0.2) is 0 Å². The molecule has 7 nitrogen and oxygen atoms in total. The molecule has 1 heterocycles. The van der Waals surface area contributed by atoms with E-state index < -0.39 is 10.9 Å². The molecule has 1 N–H and O–H groups in total. The zero-order valence-corrected chi connectivity index (χ0v) is 10.7. The zero-order valence-electron chi connectivity index (χ0n) is 9.91. The predicted molar refractivity (Wildman–Crippen MR) is 68.1 cm³/mol. The lowest BCUT2D eigenvalue weighted by Crippen LogP contribution is -1.97. The van der Waals surface area contributed by atoms with Crippen molar-refractivity contribution in [1.29, 1.82) is 0 Å². The SMILES string of the molecule is O=C(O)c1ccc(COc2cc([N+](=O)[O-])ccc2Cl)o1. The van der Waals surface area contributed by atoms with Crippen LogP contribution in [0.15, 0.2) is 34.7 Å². The average molecular weight is 298 g/mol. The number of hydrogen-bond donors (Lipinski definition) is 1. The van der Waals surface area contributed by atoms with Gasteiger partial charge in [0.05, 0.1) is 16.0 Å². The summed E-state index contributed by atoms with van der Waals surface area (Å²) >= 11 is 5.85. The van der Waals surface area contributed by atoms with Crippen molar-refractivity contribution in [3.63, 3.8) is 0 Å². The molecule has 0 saturated heterocycles. The minimum Gasteiger partial charge on any atom is -0.484 e. The molecule has 0 amide bonds. The number of carboxylic acid groups (broad SMARTS) is 1. The fourth-order valence-electron chi connectivity index (χ4n) is 1.44. The Hall–Kier alpha value is -2.54. The van der Waals surface area contributed by atoms with Crippen LogP contribution in [0.4, 0.5) is 5.69 Å². The summed E-state index contributed by atoms with van der Waals surface area (Å²) in [5.74, 6) is -1.02. The van der Waals surface area contributed by atoms with Crippen LogP contribution in [0.2, 0.25) is 5.02 Å². The van der Waals surface area contributed by atoms with E-state index in [1.54, 1.807) is 0 Å². The highest BCUT2D eigenvalue weighted by atomic mass is 35.5. The molecular weight excluding hydrogens is 290 g/mol. The fraction of sp³-hybridized carbons (Fsp3) is 0.0833. The summed E-state index contributed by atoms with van der Waals surface area (Å²) < 4.78 is 10.3. The highest BCUT2D eigenvalue weighted by Crippen LogP contribution is 2.29. The maximum Gasteiger partial charge on any atom is 0.371 e. The van der Waals surface area contributed by atoms with Crippen molar-refractivity contribution in [2.45, 2.75) is 6.61 Å². The first-order valence-electron chi connectivity index (χ1n) is 5.36. The van der Waals surface area contributed by atoms with E-state index >= 15 is 0 Å². The van der Waals surface area contributed by atoms with E-state index in [9.17, 15) is 14.9 Å². The van der Waals surface area contributed by atoms with E-state index in [-0.39, 0.29) is 34.6 Å². The molecule has 0 unspecified atom stereocenters. The Balaban J connectivity index is 2.11. The van der Waals surface area contributed by atoms with Crippen LogP contribution in [-0.4, -0.2) is 16.0 Å². The number of nitro groups is 1. The Morgan fingerprint density at radius 2 is 2.15 bits per heavy atom. The van der Waals surface area contributed by atoms with E-state index in [0.29, 0.717) is 0 Å². The third-order valence-corrected chi connectivity index (χ3v) is 2.68. The first-order chi connectivity index (χ1) is 9.47. The van der Waals surface area contributed by atoms with Crippen molar-refractivity contribution in [2.75, 3.05) is 0 Å². The monoisotopic (exact) mass is 297 g/mol. The molecule has 0 atom stereocenters. The summed E-state index contributed by atoms with van der Waals surface area (Å²) in [6.45, 7) is -0.0891. The summed E-state index contributed by atoms with van der Waals surface area (Å²) in [6.07, 6.45) is 0. The second-order valence-electron chi connectivity index (χ2n) is 3.73. The van der Waals surface area contributed by atoms with E-state index in [1.165, 1.54) is 30.3 Å². The van der Waals surface area contributed by atoms with Gasteiger partial charge in [-0.15, -0.1) is 0 Å². The van der Waals surface area contributed by atoms with Gasteiger partial charge in [0.25, 0.3) is 5.69 Å². The van der Waals surface area contributed by atoms with Gasteiger partial charge in [0.1, 0.15) is 18.1 Å². The number of carboxylic acids is 1. The van der Waals surface area contributed by atoms with Gasteiger partial charge in [0, 0.05) is 6.07 Å². The molecule has 2 aromatic rings. The van der Waals surface area contributed by atoms with Crippen molar-refractivity contribution >= 4 is 23.3 Å². The van der Waals surface area contributed by atoms with E-state index in [0.717, 1.165) is 0 Å². The molecule has 0 spiro atoms. The van der Waals surface area contributed by atoms with Crippen LogP contribution in [0.5, 0.6) is 5.75 Å². The lowest BCUT2D eigenvalue weighted by Gasteiger charge is -2.05. The number of ether oxygens (including phenoxy) is 1. The van der Waals surface area contributed by atoms with Crippen molar-refractivity contribution in [1.82, 2.24) is 0 Å². The highest BCUT2D eigenvalue weighted by molar-refractivity contribution is 6.32. The maximum absolute atomic E-state index is 10.6. The number of halogens is 1. The molecule has 1 aromatic carbocycles. The molecule has 0 fully saturated rings. The van der Waals surface area contributed by atoms with Gasteiger partial charge >= 0.3 is 5.97 Å². The van der Waals surface area contributed by atoms with E-state index in [2.05, 4.69) is 0 Å². The molecule has 0 aliphatic heterocycles. The van der Waals surface area contributed by atoms with Crippen LogP contribution in [0, 0.1) is 10.1 Å². The third-order valence-electron chi connectivity index (χ3n) is 2.37. The number of aromatic carboxylic acids is 1. The number of non-ortho nitro benzene ring substituents is 1. The first kappa shape index (κ1) is 13.9. The number of nitro benzene ring substituents is 1. The Kier molecular flexibility index (Phi) is 3.90. The molecule has 0 aliphatic carbocycles. The Morgan fingerprint density at radius 1 is 1.40 bits per heavy atom. The zero-order chi connectivity index (χ0) is 14.7. The largest absolute Gasteiger partial charge is 0.484 e. The van der Waals surface area contributed by atoms with Crippen LogP contribution < -0.4 is 4.74 Å². The Labute approximate surface area is 117 Å². The second-order valence-corrected chi connectivity index (χ2v) is 4.14. The maximum atomic E-state index is 10.6. The van der Waals surface area contributed by atoms with Gasteiger partial charge in [-0.2, -0.15) is 0 Å². The van der Waals surface area contributed by atoms with E-state index in [1.807, 2.05) is 0 Å².